The van der Waals surface area contributed by atoms with E-state index in [1.807, 2.05) is 0 Å². The number of benzene rings is 2. The van der Waals surface area contributed by atoms with Gasteiger partial charge in [-0.25, -0.2) is 17.2 Å². The highest BCUT2D eigenvalue weighted by atomic mass is 32.2. The molecule has 2 heterocycles. The molecule has 1 unspecified atom stereocenters. The molecule has 1 saturated heterocycles. The molecule has 30 heavy (non-hydrogen) atoms. The summed E-state index contributed by atoms with van der Waals surface area (Å²) in [6, 6.07) is 7.59. The van der Waals surface area contributed by atoms with Gasteiger partial charge in [0, 0.05) is 29.3 Å². The summed E-state index contributed by atoms with van der Waals surface area (Å²) >= 11 is 1.39. The number of nitrogens with zero attached hydrogens (tertiary/aromatic N) is 1. The van der Waals surface area contributed by atoms with Crippen LogP contribution in [0.5, 0.6) is 0 Å². The van der Waals surface area contributed by atoms with E-state index >= 15 is 0 Å². The van der Waals surface area contributed by atoms with Crippen molar-refractivity contribution in [3.8, 4) is 0 Å². The summed E-state index contributed by atoms with van der Waals surface area (Å²) in [5.41, 5.74) is 0.710. The number of thioether (sulfide) groups is 1. The molecule has 160 valence electrons. The minimum absolute atomic E-state index is 0.0272. The molecule has 2 aromatic rings. The van der Waals surface area contributed by atoms with Gasteiger partial charge in [-0.2, -0.15) is 4.31 Å². The number of carbonyl (C=O) groups is 1. The number of amides is 1. The number of fused-ring (bicyclic) bond motifs is 1. The average molecular weight is 455 g/mol. The predicted octanol–water partition coefficient (Wildman–Crippen LogP) is 2.95. The fourth-order valence-corrected chi connectivity index (χ4v) is 6.19. The minimum Gasteiger partial charge on any atom is -0.379 e. The Balaban J connectivity index is 1.59. The van der Waals surface area contributed by atoms with Gasteiger partial charge in [0.05, 0.1) is 19.3 Å². The van der Waals surface area contributed by atoms with Crippen LogP contribution in [0.25, 0.3) is 0 Å². The van der Waals surface area contributed by atoms with Gasteiger partial charge >= 0.3 is 0 Å². The van der Waals surface area contributed by atoms with Crippen LogP contribution in [0.3, 0.4) is 0 Å². The molecular formula is C20H20F2N2O4S2. The molecule has 0 bridgehead atoms. The van der Waals surface area contributed by atoms with E-state index in [-0.39, 0.29) is 37.7 Å². The van der Waals surface area contributed by atoms with E-state index in [0.29, 0.717) is 22.6 Å². The summed E-state index contributed by atoms with van der Waals surface area (Å²) in [4.78, 5) is 12.8. The first kappa shape index (κ1) is 21.2. The monoisotopic (exact) mass is 454 g/mol. The molecule has 0 spiro atoms. The number of rotatable bonds is 4. The van der Waals surface area contributed by atoms with Crippen LogP contribution in [0.1, 0.15) is 28.4 Å². The maximum Gasteiger partial charge on any atom is 0.251 e. The SMILES string of the molecule is O=C(NC1CCSc2c(F)cccc21)c1ccc(F)c(S(=O)(=O)N2CCOCC2)c1. The summed E-state index contributed by atoms with van der Waals surface area (Å²) in [6.45, 7) is 0.716. The fourth-order valence-electron chi connectivity index (χ4n) is 3.55. The topological polar surface area (TPSA) is 75.7 Å². The fraction of sp³-hybridized carbons (Fsp3) is 0.350. The Bertz CT molecular complexity index is 1070. The van der Waals surface area contributed by atoms with Crippen molar-refractivity contribution in [1.29, 1.82) is 0 Å². The summed E-state index contributed by atoms with van der Waals surface area (Å²) < 4.78 is 60.4. The van der Waals surface area contributed by atoms with Gasteiger partial charge in [-0.15, -0.1) is 11.8 Å². The van der Waals surface area contributed by atoms with E-state index in [1.54, 1.807) is 12.1 Å². The van der Waals surface area contributed by atoms with Gasteiger partial charge in [0.2, 0.25) is 10.0 Å². The largest absolute Gasteiger partial charge is 0.379 e. The number of sulfonamides is 1. The van der Waals surface area contributed by atoms with E-state index in [4.69, 9.17) is 4.74 Å². The third-order valence-corrected chi connectivity index (χ3v) is 8.19. The van der Waals surface area contributed by atoms with Crippen molar-refractivity contribution in [2.24, 2.45) is 0 Å². The average Bonchev–Trinajstić information content (AvgIpc) is 2.75. The number of carbonyl (C=O) groups excluding carboxylic acids is 1. The maximum absolute atomic E-state index is 14.4. The quantitative estimate of drug-likeness (QED) is 0.769. The normalized spacial score (nSPS) is 19.9. The zero-order chi connectivity index (χ0) is 21.3. The summed E-state index contributed by atoms with van der Waals surface area (Å²) in [5.74, 6) is -1.16. The Labute approximate surface area is 177 Å². The van der Waals surface area contributed by atoms with Crippen molar-refractivity contribution >= 4 is 27.7 Å². The van der Waals surface area contributed by atoms with Crippen LogP contribution in [0, 0.1) is 11.6 Å². The van der Waals surface area contributed by atoms with Crippen molar-refractivity contribution in [3.05, 3.63) is 59.2 Å². The van der Waals surface area contributed by atoms with Crippen LogP contribution >= 0.6 is 11.8 Å². The lowest BCUT2D eigenvalue weighted by Gasteiger charge is -2.27. The molecule has 0 saturated carbocycles. The van der Waals surface area contributed by atoms with Crippen LogP contribution < -0.4 is 5.32 Å². The Morgan fingerprint density at radius 1 is 1.13 bits per heavy atom. The van der Waals surface area contributed by atoms with E-state index in [1.165, 1.54) is 23.9 Å². The van der Waals surface area contributed by atoms with Crippen LogP contribution in [0.4, 0.5) is 8.78 Å². The van der Waals surface area contributed by atoms with Crippen molar-refractivity contribution in [1.82, 2.24) is 9.62 Å². The number of hydrogen-bond donors (Lipinski definition) is 1. The molecule has 0 radical (unpaired) electrons. The molecule has 1 N–H and O–H groups in total. The Morgan fingerprint density at radius 2 is 1.90 bits per heavy atom. The van der Waals surface area contributed by atoms with E-state index in [0.717, 1.165) is 16.4 Å². The molecule has 0 aliphatic carbocycles. The van der Waals surface area contributed by atoms with Gasteiger partial charge in [0.25, 0.3) is 5.91 Å². The molecule has 1 fully saturated rings. The first-order chi connectivity index (χ1) is 14.4. The predicted molar refractivity (Wildman–Crippen MR) is 108 cm³/mol. The second-order valence-corrected chi connectivity index (χ2v) is 9.99. The zero-order valence-electron chi connectivity index (χ0n) is 15.9. The summed E-state index contributed by atoms with van der Waals surface area (Å²) in [7, 11) is -4.09. The van der Waals surface area contributed by atoms with Gasteiger partial charge in [-0.05, 0) is 36.2 Å². The van der Waals surface area contributed by atoms with Crippen LogP contribution in [-0.2, 0) is 14.8 Å². The van der Waals surface area contributed by atoms with Gasteiger partial charge < -0.3 is 10.1 Å². The third kappa shape index (κ3) is 4.09. The van der Waals surface area contributed by atoms with Crippen LogP contribution in [-0.4, -0.2) is 50.7 Å². The summed E-state index contributed by atoms with van der Waals surface area (Å²) in [5, 5.41) is 2.83. The highest BCUT2D eigenvalue weighted by Crippen LogP contribution is 2.37. The molecule has 2 aromatic carbocycles. The second-order valence-electron chi connectivity index (χ2n) is 6.98. The molecule has 1 atom stereocenters. The number of morpholine rings is 1. The Hall–Kier alpha value is -2.01. The van der Waals surface area contributed by atoms with Crippen LogP contribution in [0.15, 0.2) is 46.2 Å². The molecule has 4 rings (SSSR count). The van der Waals surface area contributed by atoms with Crippen molar-refractivity contribution < 1.29 is 26.7 Å². The van der Waals surface area contributed by atoms with Gasteiger partial charge in [0.1, 0.15) is 16.5 Å². The summed E-state index contributed by atoms with van der Waals surface area (Å²) in [6.07, 6.45) is 0.604. The minimum atomic E-state index is -4.09. The smallest absolute Gasteiger partial charge is 0.251 e. The Morgan fingerprint density at radius 3 is 2.67 bits per heavy atom. The Kier molecular flexibility index (Phi) is 6.10. The zero-order valence-corrected chi connectivity index (χ0v) is 17.6. The van der Waals surface area contributed by atoms with Crippen molar-refractivity contribution in [3.63, 3.8) is 0 Å². The number of ether oxygens (including phenoxy) is 1. The molecule has 10 heteroatoms. The highest BCUT2D eigenvalue weighted by Gasteiger charge is 2.30. The first-order valence-electron chi connectivity index (χ1n) is 9.47. The van der Waals surface area contributed by atoms with E-state index in [2.05, 4.69) is 5.32 Å². The van der Waals surface area contributed by atoms with Crippen molar-refractivity contribution in [2.75, 3.05) is 32.1 Å². The molecule has 6 nitrogen and oxygen atoms in total. The molecular weight excluding hydrogens is 434 g/mol. The molecule has 2 aliphatic heterocycles. The van der Waals surface area contributed by atoms with Crippen molar-refractivity contribution in [2.45, 2.75) is 22.3 Å². The van der Waals surface area contributed by atoms with Gasteiger partial charge in [-0.3, -0.25) is 4.79 Å². The molecule has 0 aromatic heterocycles. The first-order valence-corrected chi connectivity index (χ1v) is 11.9. The number of halogens is 2. The van der Waals surface area contributed by atoms with Gasteiger partial charge in [0.15, 0.2) is 0 Å². The van der Waals surface area contributed by atoms with E-state index in [9.17, 15) is 22.0 Å². The lowest BCUT2D eigenvalue weighted by molar-refractivity contribution is 0.0729. The standard InChI is InChI=1S/C20H20F2N2O4S2/c21-15-5-4-13(12-18(15)30(26,27)24-7-9-28-10-8-24)20(25)23-17-6-11-29-19-14(17)2-1-3-16(19)22/h1-5,12,17H,6-11H2,(H,23,25). The molecule has 2 aliphatic rings. The lowest BCUT2D eigenvalue weighted by Crippen LogP contribution is -2.41. The number of hydrogen-bond acceptors (Lipinski definition) is 5. The highest BCUT2D eigenvalue weighted by molar-refractivity contribution is 7.99. The maximum atomic E-state index is 14.4. The second kappa shape index (κ2) is 8.62. The number of nitrogens with one attached hydrogen (secondary N) is 1. The molecule has 1 amide bonds. The van der Waals surface area contributed by atoms with Gasteiger partial charge in [-0.1, -0.05) is 12.1 Å². The van der Waals surface area contributed by atoms with Crippen LogP contribution in [0.2, 0.25) is 0 Å². The lowest BCUT2D eigenvalue weighted by atomic mass is 10.0. The van der Waals surface area contributed by atoms with E-state index < -0.39 is 32.7 Å². The third-order valence-electron chi connectivity index (χ3n) is 5.11.